The lowest BCUT2D eigenvalue weighted by atomic mass is 10.2. The zero-order valence-corrected chi connectivity index (χ0v) is 15.9. The zero-order chi connectivity index (χ0) is 19.1. The predicted molar refractivity (Wildman–Crippen MR) is 117 cm³/mol. The summed E-state index contributed by atoms with van der Waals surface area (Å²) in [6.45, 7) is 0. The summed E-state index contributed by atoms with van der Waals surface area (Å²) >= 11 is 5.45. The van der Waals surface area contributed by atoms with Crippen LogP contribution in [0, 0.1) is 0 Å². The molecule has 2 heterocycles. The molecule has 3 aromatic carbocycles. The van der Waals surface area contributed by atoms with E-state index in [9.17, 15) is 0 Å². The summed E-state index contributed by atoms with van der Waals surface area (Å²) in [5.41, 5.74) is 5.18. The largest absolute Gasteiger partial charge is 0.431 e. The highest BCUT2D eigenvalue weighted by Crippen LogP contribution is 2.26. The van der Waals surface area contributed by atoms with E-state index in [2.05, 4.69) is 4.98 Å². The van der Waals surface area contributed by atoms with Gasteiger partial charge in [-0.15, -0.1) is 0 Å². The van der Waals surface area contributed by atoms with E-state index in [-0.39, 0.29) is 0 Å². The molecule has 5 aromatic rings. The number of anilines is 1. The molecule has 0 aliphatic heterocycles. The van der Waals surface area contributed by atoms with Crippen molar-refractivity contribution in [2.45, 2.75) is 0 Å². The van der Waals surface area contributed by atoms with Crippen LogP contribution >= 0.6 is 12.2 Å². The molecule has 2 aromatic heterocycles. The summed E-state index contributed by atoms with van der Waals surface area (Å²) < 4.78 is 5.90. The smallest absolute Gasteiger partial charge is 0.269 e. The summed E-state index contributed by atoms with van der Waals surface area (Å²) in [6.07, 6.45) is 0. The lowest BCUT2D eigenvalue weighted by Gasteiger charge is -2.19. The second-order valence-electron chi connectivity index (χ2n) is 6.50. The number of benzene rings is 3. The van der Waals surface area contributed by atoms with Crippen LogP contribution < -0.4 is 9.64 Å². The van der Waals surface area contributed by atoms with Gasteiger partial charge in [0.15, 0.2) is 5.65 Å². The van der Waals surface area contributed by atoms with E-state index in [4.69, 9.17) is 26.9 Å². The summed E-state index contributed by atoms with van der Waals surface area (Å²) in [7, 11) is 1.88. The summed E-state index contributed by atoms with van der Waals surface area (Å²) in [5, 5.41) is 1.42. The molecule has 1 N–H and O–H groups in total. The van der Waals surface area contributed by atoms with E-state index in [1.54, 1.807) is 0 Å². The first-order valence-electron chi connectivity index (χ1n) is 8.88. The van der Waals surface area contributed by atoms with Crippen LogP contribution in [-0.2, 0) is 0 Å². The van der Waals surface area contributed by atoms with Crippen molar-refractivity contribution >= 4 is 56.2 Å². The fraction of sp³-hybridized carbons (Fsp3) is 0.0455. The van der Waals surface area contributed by atoms with Gasteiger partial charge in [0.05, 0.1) is 11.0 Å². The maximum atomic E-state index is 5.90. The summed E-state index contributed by atoms with van der Waals surface area (Å²) in [6, 6.07) is 23.5. The standard InChI is InChI=1S/C22H16N4OS/c1-26(14-7-3-2-4-8-14)22(28)27-15-11-12-18-19(13-15)23-20-16-9-5-6-10-17(16)24-21(20)25-18/h2-13H,1H3,(H,24,25). The van der Waals surface area contributed by atoms with Crippen LogP contribution in [0.2, 0.25) is 0 Å². The van der Waals surface area contributed by atoms with E-state index >= 15 is 0 Å². The van der Waals surface area contributed by atoms with E-state index in [0.29, 0.717) is 10.9 Å². The third kappa shape index (κ3) is 2.84. The number of ether oxygens (including phenoxy) is 1. The molecule has 28 heavy (non-hydrogen) atoms. The Kier molecular flexibility index (Phi) is 3.91. The lowest BCUT2D eigenvalue weighted by molar-refractivity contribution is 0.553. The normalized spacial score (nSPS) is 11.2. The topological polar surface area (TPSA) is 54.0 Å². The summed E-state index contributed by atoms with van der Waals surface area (Å²) in [4.78, 5) is 14.7. The second-order valence-corrected chi connectivity index (χ2v) is 6.85. The van der Waals surface area contributed by atoms with Crippen molar-refractivity contribution in [3.63, 3.8) is 0 Å². The first-order valence-corrected chi connectivity index (χ1v) is 9.29. The van der Waals surface area contributed by atoms with Gasteiger partial charge < -0.3 is 14.6 Å². The predicted octanol–water partition coefficient (Wildman–Crippen LogP) is 5.06. The van der Waals surface area contributed by atoms with Crippen LogP contribution in [0.5, 0.6) is 5.75 Å². The Bertz CT molecular complexity index is 1330. The minimum absolute atomic E-state index is 0.367. The molecule has 0 saturated carbocycles. The number of rotatable bonds is 2. The number of H-pyrrole nitrogens is 1. The number of thiocarbonyl (C=S) groups is 1. The van der Waals surface area contributed by atoms with Crippen molar-refractivity contribution in [3.8, 4) is 5.75 Å². The van der Waals surface area contributed by atoms with E-state index in [1.807, 2.05) is 84.7 Å². The van der Waals surface area contributed by atoms with E-state index in [1.165, 1.54) is 0 Å². The number of hydrogen-bond donors (Lipinski definition) is 1. The van der Waals surface area contributed by atoms with Gasteiger partial charge in [-0.1, -0.05) is 36.4 Å². The third-order valence-electron chi connectivity index (χ3n) is 4.69. The van der Waals surface area contributed by atoms with Gasteiger partial charge >= 0.3 is 0 Å². The van der Waals surface area contributed by atoms with Gasteiger partial charge in [-0.3, -0.25) is 0 Å². The Labute approximate surface area is 166 Å². The molecule has 0 atom stereocenters. The molecule has 0 aliphatic carbocycles. The molecule has 0 fully saturated rings. The van der Waals surface area contributed by atoms with E-state index in [0.717, 1.165) is 38.8 Å². The van der Waals surface area contributed by atoms with Gasteiger partial charge in [-0.25, -0.2) is 9.97 Å². The van der Waals surface area contributed by atoms with E-state index < -0.39 is 0 Å². The van der Waals surface area contributed by atoms with Gasteiger partial charge in [0, 0.05) is 29.7 Å². The Morgan fingerprint density at radius 2 is 1.71 bits per heavy atom. The van der Waals surface area contributed by atoms with Crippen molar-refractivity contribution in [2.24, 2.45) is 0 Å². The first-order chi connectivity index (χ1) is 13.7. The number of nitrogens with one attached hydrogen (secondary N) is 1. The molecule has 0 bridgehead atoms. The monoisotopic (exact) mass is 384 g/mol. The highest BCUT2D eigenvalue weighted by atomic mass is 32.1. The molecule has 0 radical (unpaired) electrons. The number of aromatic amines is 1. The molecule has 0 amide bonds. The Morgan fingerprint density at radius 1 is 0.929 bits per heavy atom. The molecule has 5 nitrogen and oxygen atoms in total. The third-order valence-corrected chi connectivity index (χ3v) is 5.05. The number of aromatic nitrogens is 3. The van der Waals surface area contributed by atoms with Crippen molar-refractivity contribution in [1.29, 1.82) is 0 Å². The maximum Gasteiger partial charge on any atom is 0.269 e. The number of fused-ring (bicyclic) bond motifs is 4. The van der Waals surface area contributed by atoms with Crippen LogP contribution in [0.15, 0.2) is 72.8 Å². The fourth-order valence-corrected chi connectivity index (χ4v) is 3.43. The number of nitrogens with zero attached hydrogens (tertiary/aromatic N) is 3. The van der Waals surface area contributed by atoms with Crippen molar-refractivity contribution in [3.05, 3.63) is 72.8 Å². The minimum atomic E-state index is 0.367. The van der Waals surface area contributed by atoms with Gasteiger partial charge in [0.2, 0.25) is 0 Å². The zero-order valence-electron chi connectivity index (χ0n) is 15.1. The molecule has 5 rings (SSSR count). The SMILES string of the molecule is CN(C(=S)Oc1ccc2nc3[nH]c4ccccc4c3nc2c1)c1ccccc1. The lowest BCUT2D eigenvalue weighted by Crippen LogP contribution is -2.29. The van der Waals surface area contributed by atoms with Gasteiger partial charge in [-0.2, -0.15) is 0 Å². The molecule has 0 unspecified atom stereocenters. The number of hydrogen-bond acceptors (Lipinski definition) is 4. The van der Waals surface area contributed by atoms with Crippen LogP contribution in [-0.4, -0.2) is 27.2 Å². The Hall–Kier alpha value is -3.51. The number of para-hydroxylation sites is 2. The van der Waals surface area contributed by atoms with Crippen molar-refractivity contribution in [1.82, 2.24) is 15.0 Å². The molecule has 6 heteroatoms. The molecule has 0 spiro atoms. The van der Waals surface area contributed by atoms with Crippen molar-refractivity contribution < 1.29 is 4.74 Å². The van der Waals surface area contributed by atoms with Gasteiger partial charge in [-0.05, 0) is 42.5 Å². The average Bonchev–Trinajstić information content (AvgIpc) is 3.09. The average molecular weight is 384 g/mol. The second kappa shape index (κ2) is 6.58. The van der Waals surface area contributed by atoms with Crippen LogP contribution in [0.25, 0.3) is 33.1 Å². The van der Waals surface area contributed by atoms with Crippen molar-refractivity contribution in [2.75, 3.05) is 11.9 Å². The Balaban J connectivity index is 1.51. The molecular weight excluding hydrogens is 368 g/mol. The van der Waals surface area contributed by atoms with Crippen LogP contribution in [0.3, 0.4) is 0 Å². The van der Waals surface area contributed by atoms with Gasteiger partial charge in [0.25, 0.3) is 5.17 Å². The summed E-state index contributed by atoms with van der Waals surface area (Å²) in [5.74, 6) is 0.633. The Morgan fingerprint density at radius 3 is 2.57 bits per heavy atom. The quantitative estimate of drug-likeness (QED) is 0.431. The first kappa shape index (κ1) is 16.6. The van der Waals surface area contributed by atoms with Gasteiger partial charge in [0.1, 0.15) is 11.3 Å². The minimum Gasteiger partial charge on any atom is -0.431 e. The highest BCUT2D eigenvalue weighted by Gasteiger charge is 2.12. The molecule has 136 valence electrons. The maximum absolute atomic E-state index is 5.90. The van der Waals surface area contributed by atoms with Crippen LogP contribution in [0.1, 0.15) is 0 Å². The molecule has 0 aliphatic rings. The molecular formula is C22H16N4OS. The fourth-order valence-electron chi connectivity index (χ4n) is 3.23. The highest BCUT2D eigenvalue weighted by molar-refractivity contribution is 7.80. The van der Waals surface area contributed by atoms with Crippen LogP contribution in [0.4, 0.5) is 5.69 Å². The molecule has 0 saturated heterocycles.